The van der Waals surface area contributed by atoms with Crippen LogP contribution in [0.15, 0.2) is 64.2 Å². The van der Waals surface area contributed by atoms with Crippen LogP contribution in [0.2, 0.25) is 0 Å². The zero-order valence-corrected chi connectivity index (χ0v) is 19.5. The normalized spacial score (nSPS) is 10.7. The zero-order chi connectivity index (χ0) is 22.7. The van der Waals surface area contributed by atoms with Gasteiger partial charge in [0.1, 0.15) is 27.6 Å². The Labute approximate surface area is 195 Å². The number of furan rings is 1. The van der Waals surface area contributed by atoms with E-state index in [4.69, 9.17) is 26.4 Å². The summed E-state index contributed by atoms with van der Waals surface area (Å²) in [6, 6.07) is 17.4. The molecule has 3 aromatic heterocycles. The second kappa shape index (κ2) is 9.39. The lowest BCUT2D eigenvalue weighted by molar-refractivity contribution is 0.415. The summed E-state index contributed by atoms with van der Waals surface area (Å²) >= 11 is 7.02. The number of ether oxygens (including phenoxy) is 1. The first-order valence-electron chi connectivity index (χ1n) is 9.83. The van der Waals surface area contributed by atoms with Crippen molar-refractivity contribution < 1.29 is 9.15 Å². The van der Waals surface area contributed by atoms with Gasteiger partial charge in [-0.3, -0.25) is 0 Å². The molecule has 0 aliphatic carbocycles. The number of thioether (sulfide) groups is 1. The first-order valence-corrected chi connectivity index (χ1v) is 11.2. The molecule has 0 fully saturated rings. The molecule has 4 rings (SSSR count). The van der Waals surface area contributed by atoms with Crippen LogP contribution in [-0.2, 0) is 0 Å². The molecule has 0 saturated heterocycles. The molecule has 32 heavy (non-hydrogen) atoms. The summed E-state index contributed by atoms with van der Waals surface area (Å²) in [6.07, 6.45) is 1.59. The number of nitrogens with zero attached hydrogens (tertiary/aromatic N) is 4. The minimum absolute atomic E-state index is 0.457. The van der Waals surface area contributed by atoms with E-state index >= 15 is 0 Å². The third kappa shape index (κ3) is 4.44. The first kappa shape index (κ1) is 21.8. The Bertz CT molecular complexity index is 1300. The van der Waals surface area contributed by atoms with Crippen molar-refractivity contribution in [2.75, 3.05) is 12.9 Å². The Hall–Kier alpha value is -3.41. The maximum absolute atomic E-state index is 9.95. The van der Waals surface area contributed by atoms with Crippen LogP contribution in [0, 0.1) is 25.2 Å². The van der Waals surface area contributed by atoms with E-state index < -0.39 is 0 Å². The molecule has 0 aliphatic rings. The van der Waals surface area contributed by atoms with Gasteiger partial charge in [0.05, 0.1) is 36.1 Å². The van der Waals surface area contributed by atoms with Gasteiger partial charge >= 0.3 is 0 Å². The molecule has 4 aromatic rings. The lowest BCUT2D eigenvalue weighted by Gasteiger charge is -2.12. The summed E-state index contributed by atoms with van der Waals surface area (Å²) in [7, 11) is 1.63. The maximum Gasteiger partial charge on any atom is 0.135 e. The van der Waals surface area contributed by atoms with Crippen molar-refractivity contribution in [3.63, 3.8) is 0 Å². The molecule has 0 unspecified atom stereocenters. The van der Waals surface area contributed by atoms with Gasteiger partial charge < -0.3 is 9.15 Å². The van der Waals surface area contributed by atoms with E-state index in [2.05, 4.69) is 11.2 Å². The number of nitriles is 1. The quantitative estimate of drug-likeness (QED) is 0.271. The molecule has 0 saturated carbocycles. The summed E-state index contributed by atoms with van der Waals surface area (Å²) in [5.41, 5.74) is 4.68. The highest BCUT2D eigenvalue weighted by molar-refractivity contribution is 8.01. The van der Waals surface area contributed by atoms with Gasteiger partial charge in [-0.1, -0.05) is 24.0 Å². The summed E-state index contributed by atoms with van der Waals surface area (Å²) in [5.74, 6) is 1.84. The molecule has 0 aliphatic heterocycles. The highest BCUT2D eigenvalue weighted by Gasteiger charge is 2.18. The lowest BCUT2D eigenvalue weighted by Crippen LogP contribution is -2.15. The van der Waals surface area contributed by atoms with Crippen molar-refractivity contribution >= 4 is 29.0 Å². The van der Waals surface area contributed by atoms with Gasteiger partial charge in [-0.25, -0.2) is 9.67 Å². The second-order valence-electron chi connectivity index (χ2n) is 7.07. The molecule has 0 bridgehead atoms. The Morgan fingerprint density at radius 2 is 2.00 bits per heavy atom. The summed E-state index contributed by atoms with van der Waals surface area (Å²) in [6.45, 7) is 3.90. The minimum Gasteiger partial charge on any atom is -0.497 e. The van der Waals surface area contributed by atoms with E-state index in [0.29, 0.717) is 32.7 Å². The Morgan fingerprint density at radius 1 is 1.22 bits per heavy atom. The van der Waals surface area contributed by atoms with Crippen LogP contribution >= 0.6 is 24.0 Å². The molecule has 0 N–H and O–H groups in total. The van der Waals surface area contributed by atoms with Gasteiger partial charge in [-0.15, -0.1) is 0 Å². The summed E-state index contributed by atoms with van der Waals surface area (Å²) in [5, 5.41) is 15.0. The van der Waals surface area contributed by atoms with E-state index in [1.54, 1.807) is 24.1 Å². The minimum atomic E-state index is 0.457. The molecule has 0 amide bonds. The van der Waals surface area contributed by atoms with E-state index in [9.17, 15) is 5.26 Å². The van der Waals surface area contributed by atoms with E-state index in [0.717, 1.165) is 28.4 Å². The Kier molecular flexibility index (Phi) is 6.40. The number of thiocarbonyl (C=S) groups is 1. The molecule has 0 atom stereocenters. The molecular weight excluding hydrogens is 440 g/mol. The molecule has 3 heterocycles. The molecule has 1 aromatic carbocycles. The standard InChI is InChI=1S/C24H20N4O2S2/c1-15-11-16(2)28(27-15)23(31)14-32-24-20(13-25)19(22-5-4-10-30-22)12-21(26-24)17-6-8-18(29-3)9-7-17/h4-12H,14H2,1-3H3. The average molecular weight is 461 g/mol. The fraction of sp³-hybridized carbons (Fsp3) is 0.167. The summed E-state index contributed by atoms with van der Waals surface area (Å²) < 4.78 is 12.6. The van der Waals surface area contributed by atoms with Crippen molar-refractivity contribution in [2.24, 2.45) is 0 Å². The van der Waals surface area contributed by atoms with Crippen molar-refractivity contribution in [1.82, 2.24) is 14.8 Å². The fourth-order valence-electron chi connectivity index (χ4n) is 3.34. The highest BCUT2D eigenvalue weighted by atomic mass is 32.2. The maximum atomic E-state index is 9.95. The van der Waals surface area contributed by atoms with Gasteiger partial charge in [0.2, 0.25) is 0 Å². The van der Waals surface area contributed by atoms with Crippen molar-refractivity contribution in [2.45, 2.75) is 18.9 Å². The van der Waals surface area contributed by atoms with E-state index in [1.165, 1.54) is 11.8 Å². The Balaban J connectivity index is 1.74. The van der Waals surface area contributed by atoms with Crippen LogP contribution in [0.3, 0.4) is 0 Å². The lowest BCUT2D eigenvalue weighted by atomic mass is 10.0. The SMILES string of the molecule is COc1ccc(-c2cc(-c3ccco3)c(C#N)c(SCC(=S)n3nc(C)cc3C)n2)cc1. The second-order valence-corrected chi connectivity index (χ2v) is 8.51. The number of hydrogen-bond acceptors (Lipinski definition) is 7. The number of hydrogen-bond donors (Lipinski definition) is 0. The molecule has 6 nitrogen and oxygen atoms in total. The number of aryl methyl sites for hydroxylation is 2. The van der Waals surface area contributed by atoms with Gasteiger partial charge in [-0.05, 0) is 62.4 Å². The average Bonchev–Trinajstić information content (AvgIpc) is 3.46. The number of benzene rings is 1. The van der Waals surface area contributed by atoms with Crippen LogP contribution in [-0.4, -0.2) is 32.6 Å². The topological polar surface area (TPSA) is 76.9 Å². The van der Waals surface area contributed by atoms with Crippen LogP contribution in [0.4, 0.5) is 0 Å². The summed E-state index contributed by atoms with van der Waals surface area (Å²) in [4.78, 5) is 5.46. The van der Waals surface area contributed by atoms with Crippen LogP contribution in [0.25, 0.3) is 22.6 Å². The molecular formula is C24H20N4O2S2. The largest absolute Gasteiger partial charge is 0.497 e. The van der Waals surface area contributed by atoms with Crippen molar-refractivity contribution in [3.05, 3.63) is 71.7 Å². The molecule has 8 heteroatoms. The number of pyridine rings is 1. The molecule has 0 radical (unpaired) electrons. The van der Waals surface area contributed by atoms with Crippen molar-refractivity contribution in [3.8, 4) is 34.4 Å². The van der Waals surface area contributed by atoms with Crippen LogP contribution in [0.1, 0.15) is 17.0 Å². The Morgan fingerprint density at radius 3 is 2.59 bits per heavy atom. The van der Waals surface area contributed by atoms with Gasteiger partial charge in [0.25, 0.3) is 0 Å². The predicted octanol–water partition coefficient (Wildman–Crippen LogP) is 5.67. The van der Waals surface area contributed by atoms with Crippen molar-refractivity contribution in [1.29, 1.82) is 5.26 Å². The number of aromatic nitrogens is 3. The van der Waals surface area contributed by atoms with Gasteiger partial charge in [-0.2, -0.15) is 10.4 Å². The predicted molar refractivity (Wildman–Crippen MR) is 129 cm³/mol. The first-order chi connectivity index (χ1) is 15.5. The van der Waals surface area contributed by atoms with Gasteiger partial charge in [0.15, 0.2) is 0 Å². The monoisotopic (exact) mass is 460 g/mol. The van der Waals surface area contributed by atoms with Crippen LogP contribution < -0.4 is 4.74 Å². The number of methoxy groups -OCH3 is 1. The zero-order valence-electron chi connectivity index (χ0n) is 17.8. The number of rotatable bonds is 6. The highest BCUT2D eigenvalue weighted by Crippen LogP contribution is 2.35. The fourth-order valence-corrected chi connectivity index (χ4v) is 4.55. The van der Waals surface area contributed by atoms with Gasteiger partial charge in [0, 0.05) is 16.8 Å². The third-order valence-electron chi connectivity index (χ3n) is 4.85. The smallest absolute Gasteiger partial charge is 0.135 e. The molecule has 0 spiro atoms. The third-order valence-corrected chi connectivity index (χ3v) is 6.34. The molecule has 160 valence electrons. The van der Waals surface area contributed by atoms with E-state index in [1.807, 2.05) is 56.3 Å². The van der Waals surface area contributed by atoms with Crippen LogP contribution in [0.5, 0.6) is 5.75 Å². The van der Waals surface area contributed by atoms with E-state index in [-0.39, 0.29) is 0 Å².